The molecule has 30 heavy (non-hydrogen) atoms. The van der Waals surface area contributed by atoms with Gasteiger partial charge >= 0.3 is 0 Å². The van der Waals surface area contributed by atoms with Gasteiger partial charge in [-0.3, -0.25) is 4.79 Å². The lowest BCUT2D eigenvalue weighted by Gasteiger charge is -2.23. The Morgan fingerprint density at radius 1 is 0.733 bits per heavy atom. The van der Waals surface area contributed by atoms with Crippen molar-refractivity contribution in [3.05, 3.63) is 88.5 Å². The van der Waals surface area contributed by atoms with Gasteiger partial charge in [-0.15, -0.1) is 0 Å². The number of hydrogen-bond donors (Lipinski definition) is 0. The van der Waals surface area contributed by atoms with Crippen LogP contribution in [0.25, 0.3) is 0 Å². The van der Waals surface area contributed by atoms with Gasteiger partial charge in [0.25, 0.3) is 0 Å². The summed E-state index contributed by atoms with van der Waals surface area (Å²) in [5.74, 6) is 1.58. The average Bonchev–Trinajstić information content (AvgIpc) is 2.80. The van der Waals surface area contributed by atoms with Gasteiger partial charge in [0.2, 0.25) is 5.78 Å². The lowest BCUT2D eigenvalue weighted by Crippen LogP contribution is -2.23. The molecule has 0 radical (unpaired) electrons. The Labute approximate surface area is 174 Å². The molecule has 0 fully saturated rings. The number of rotatable bonds is 6. The molecule has 3 aromatic carbocycles. The van der Waals surface area contributed by atoms with Crippen LogP contribution in [0.3, 0.4) is 0 Å². The molecule has 0 aromatic heterocycles. The fraction of sp³-hybridized carbons (Fsp3) is 0.167. The number of ether oxygens (including phenoxy) is 3. The van der Waals surface area contributed by atoms with Crippen LogP contribution >= 0.6 is 0 Å². The molecule has 0 saturated carbocycles. The molecule has 0 spiro atoms. The number of nitrogens with zero attached hydrogens (tertiary/aromatic N) is 1. The minimum atomic E-state index is -0.163. The normalized spacial score (nSPS) is 12.0. The average molecular weight is 403 g/mol. The second-order valence-electron chi connectivity index (χ2n) is 6.66. The molecule has 0 unspecified atom stereocenters. The lowest BCUT2D eigenvalue weighted by molar-refractivity contribution is 0.103. The van der Waals surface area contributed by atoms with E-state index in [4.69, 9.17) is 19.0 Å². The first-order chi connectivity index (χ1) is 14.7. The molecule has 0 heterocycles. The topological polar surface area (TPSA) is 66.3 Å². The first-order valence-corrected chi connectivity index (χ1v) is 9.40. The highest BCUT2D eigenvalue weighted by atomic mass is 16.6. The molecule has 0 aliphatic heterocycles. The number of hydrogen-bond acceptors (Lipinski definition) is 6. The van der Waals surface area contributed by atoms with Crippen LogP contribution < -0.4 is 14.2 Å². The zero-order valence-electron chi connectivity index (χ0n) is 17.0. The zero-order valence-corrected chi connectivity index (χ0v) is 17.0. The van der Waals surface area contributed by atoms with E-state index in [2.05, 4.69) is 5.16 Å². The molecule has 0 bridgehead atoms. The Kier molecular flexibility index (Phi) is 5.39. The van der Waals surface area contributed by atoms with Crippen molar-refractivity contribution in [2.75, 3.05) is 21.3 Å². The number of carbonyl (C=O) groups is 1. The van der Waals surface area contributed by atoms with Crippen molar-refractivity contribution in [3.8, 4) is 17.2 Å². The van der Waals surface area contributed by atoms with Gasteiger partial charge in [0.05, 0.1) is 32.5 Å². The number of carbonyl (C=O) groups excluding carboxylic acids is 1. The smallest absolute Gasteiger partial charge is 0.201 e. The highest BCUT2D eigenvalue weighted by Crippen LogP contribution is 2.37. The van der Waals surface area contributed by atoms with Crippen molar-refractivity contribution in [1.82, 2.24) is 0 Å². The van der Waals surface area contributed by atoms with E-state index in [0.29, 0.717) is 39.5 Å². The second-order valence-corrected chi connectivity index (χ2v) is 6.66. The number of fused-ring (bicyclic) bond motifs is 2. The Balaban J connectivity index is 1.76. The fourth-order valence-corrected chi connectivity index (χ4v) is 3.53. The van der Waals surface area contributed by atoms with Crippen molar-refractivity contribution in [2.24, 2.45) is 5.16 Å². The van der Waals surface area contributed by atoms with Gasteiger partial charge in [-0.1, -0.05) is 41.6 Å². The molecule has 152 valence electrons. The zero-order chi connectivity index (χ0) is 21.1. The van der Waals surface area contributed by atoms with E-state index < -0.39 is 0 Å². The van der Waals surface area contributed by atoms with Gasteiger partial charge in [0.1, 0.15) is 29.6 Å². The van der Waals surface area contributed by atoms with Crippen LogP contribution in [0.15, 0.2) is 65.8 Å². The summed E-state index contributed by atoms with van der Waals surface area (Å²) in [5.41, 5.74) is 3.73. The number of oxime groups is 1. The summed E-state index contributed by atoms with van der Waals surface area (Å²) in [6, 6.07) is 18.4. The first-order valence-electron chi connectivity index (χ1n) is 9.40. The maximum absolute atomic E-state index is 13.3. The largest absolute Gasteiger partial charge is 0.497 e. The third-order valence-corrected chi connectivity index (χ3v) is 5.00. The molecule has 4 rings (SSSR count). The quantitative estimate of drug-likeness (QED) is 0.451. The van der Waals surface area contributed by atoms with E-state index in [1.165, 1.54) is 14.2 Å². The van der Waals surface area contributed by atoms with Gasteiger partial charge in [-0.25, -0.2) is 0 Å². The Morgan fingerprint density at radius 2 is 1.30 bits per heavy atom. The van der Waals surface area contributed by atoms with Crippen LogP contribution in [0.2, 0.25) is 0 Å². The van der Waals surface area contributed by atoms with Gasteiger partial charge in [0, 0.05) is 11.1 Å². The van der Waals surface area contributed by atoms with Crippen LogP contribution in [0.4, 0.5) is 0 Å². The van der Waals surface area contributed by atoms with Crippen molar-refractivity contribution in [2.45, 2.75) is 6.61 Å². The molecule has 3 aromatic rings. The molecule has 6 heteroatoms. The fourth-order valence-electron chi connectivity index (χ4n) is 3.53. The van der Waals surface area contributed by atoms with Gasteiger partial charge in [0.15, 0.2) is 0 Å². The standard InChI is InChI=1S/C24H21NO5/c1-27-16-12-10-15(11-13-16)14-30-25-23-17-6-4-8-19(28-2)21(17)24(26)22-18(23)7-5-9-20(22)29-3/h4-13H,14H2,1-3H3. The third-order valence-electron chi connectivity index (χ3n) is 5.00. The van der Waals surface area contributed by atoms with Crippen molar-refractivity contribution < 1.29 is 23.8 Å². The van der Waals surface area contributed by atoms with Crippen LogP contribution in [0.1, 0.15) is 32.6 Å². The molecule has 0 atom stereocenters. The summed E-state index contributed by atoms with van der Waals surface area (Å²) >= 11 is 0. The van der Waals surface area contributed by atoms with E-state index in [0.717, 1.165) is 11.3 Å². The predicted molar refractivity (Wildman–Crippen MR) is 113 cm³/mol. The monoisotopic (exact) mass is 403 g/mol. The molecule has 1 aliphatic rings. The Morgan fingerprint density at radius 3 is 1.80 bits per heavy atom. The van der Waals surface area contributed by atoms with E-state index in [-0.39, 0.29) is 12.4 Å². The minimum Gasteiger partial charge on any atom is -0.497 e. The highest BCUT2D eigenvalue weighted by molar-refractivity contribution is 6.31. The highest BCUT2D eigenvalue weighted by Gasteiger charge is 2.33. The summed E-state index contributed by atoms with van der Waals surface area (Å²) < 4.78 is 16.1. The van der Waals surface area contributed by atoms with Gasteiger partial charge in [-0.2, -0.15) is 0 Å². The molecule has 1 aliphatic carbocycles. The maximum Gasteiger partial charge on any atom is 0.201 e. The summed E-state index contributed by atoms with van der Waals surface area (Å²) in [7, 11) is 4.70. The molecule has 0 amide bonds. The van der Waals surface area contributed by atoms with Crippen molar-refractivity contribution >= 4 is 11.5 Å². The molecule has 0 saturated heterocycles. The Bertz CT molecular complexity index is 1060. The number of methoxy groups -OCH3 is 3. The summed E-state index contributed by atoms with van der Waals surface area (Å²) in [4.78, 5) is 19.0. The van der Waals surface area contributed by atoms with E-state index >= 15 is 0 Å². The Hall–Kier alpha value is -3.80. The van der Waals surface area contributed by atoms with Crippen LogP contribution in [-0.4, -0.2) is 32.8 Å². The lowest BCUT2D eigenvalue weighted by atomic mass is 9.82. The minimum absolute atomic E-state index is 0.163. The molecular formula is C24H21NO5. The molecular weight excluding hydrogens is 382 g/mol. The first kappa shape index (κ1) is 19.5. The van der Waals surface area contributed by atoms with E-state index in [9.17, 15) is 4.79 Å². The second kappa shape index (κ2) is 8.29. The van der Waals surface area contributed by atoms with Gasteiger partial charge < -0.3 is 19.0 Å². The summed E-state index contributed by atoms with van der Waals surface area (Å²) in [6.45, 7) is 0.278. The van der Waals surface area contributed by atoms with E-state index in [1.54, 1.807) is 19.2 Å². The number of benzene rings is 3. The van der Waals surface area contributed by atoms with Gasteiger partial charge in [-0.05, 0) is 29.8 Å². The van der Waals surface area contributed by atoms with E-state index in [1.807, 2.05) is 48.5 Å². The summed E-state index contributed by atoms with van der Waals surface area (Å²) in [5, 5.41) is 4.41. The van der Waals surface area contributed by atoms with Crippen LogP contribution in [-0.2, 0) is 11.4 Å². The van der Waals surface area contributed by atoms with Crippen LogP contribution in [0, 0.1) is 0 Å². The summed E-state index contributed by atoms with van der Waals surface area (Å²) in [6.07, 6.45) is 0. The predicted octanol–water partition coefficient (Wildman–Crippen LogP) is 4.23. The SMILES string of the molecule is COc1ccc(CON=C2c3cccc(OC)c3C(=O)c3c(OC)cccc32)cc1. The van der Waals surface area contributed by atoms with Crippen molar-refractivity contribution in [1.29, 1.82) is 0 Å². The van der Waals surface area contributed by atoms with Crippen LogP contribution in [0.5, 0.6) is 17.2 Å². The van der Waals surface area contributed by atoms with Crippen molar-refractivity contribution in [3.63, 3.8) is 0 Å². The maximum atomic E-state index is 13.3. The molecule has 0 N–H and O–H groups in total. The number of ketones is 1. The molecule has 6 nitrogen and oxygen atoms in total. The third kappa shape index (κ3) is 3.37.